The van der Waals surface area contributed by atoms with E-state index in [1.54, 1.807) is 0 Å². The van der Waals surface area contributed by atoms with Gasteiger partial charge in [0, 0.05) is 12.1 Å². The molecule has 1 fully saturated rings. The number of nitrogens with one attached hydrogen (secondary N) is 1. The van der Waals surface area contributed by atoms with Crippen LogP contribution in [0.5, 0.6) is 0 Å². The maximum absolute atomic E-state index is 12.2. The minimum Gasteiger partial charge on any atom is -0.336 e. The summed E-state index contributed by atoms with van der Waals surface area (Å²) in [5.41, 5.74) is -0.0647. The maximum Gasteiger partial charge on any atom is 0.240 e. The van der Waals surface area contributed by atoms with Crippen molar-refractivity contribution in [1.82, 2.24) is 10.2 Å². The average molecular weight is 212 g/mol. The summed E-state index contributed by atoms with van der Waals surface area (Å²) in [6.45, 7) is 9.44. The molecule has 15 heavy (non-hydrogen) atoms. The van der Waals surface area contributed by atoms with Crippen molar-refractivity contribution in [3.63, 3.8) is 0 Å². The average Bonchev–Trinajstić information content (AvgIpc) is 2.25. The molecule has 1 saturated heterocycles. The van der Waals surface area contributed by atoms with Crippen molar-refractivity contribution in [2.75, 3.05) is 13.6 Å². The molecule has 88 valence electrons. The second-order valence-electron chi connectivity index (χ2n) is 5.64. The van der Waals surface area contributed by atoms with Gasteiger partial charge in [-0.1, -0.05) is 6.92 Å². The van der Waals surface area contributed by atoms with Crippen molar-refractivity contribution in [3.8, 4) is 0 Å². The largest absolute Gasteiger partial charge is 0.336 e. The molecule has 1 heterocycles. The van der Waals surface area contributed by atoms with Crippen LogP contribution in [0.25, 0.3) is 0 Å². The van der Waals surface area contributed by atoms with Gasteiger partial charge in [-0.05, 0) is 46.6 Å². The second-order valence-corrected chi connectivity index (χ2v) is 5.64. The van der Waals surface area contributed by atoms with Crippen molar-refractivity contribution in [3.05, 3.63) is 0 Å². The number of carbonyl (C=O) groups is 1. The number of likely N-dealkylation sites (N-methyl/N-ethyl adjacent to an activating group) is 1. The quantitative estimate of drug-likeness (QED) is 0.716. The van der Waals surface area contributed by atoms with Crippen LogP contribution in [0.1, 0.15) is 40.5 Å². The maximum atomic E-state index is 12.2. The number of carbonyl (C=O) groups excluding carboxylic acids is 1. The predicted octanol–water partition coefficient (Wildman–Crippen LogP) is 1.63. The van der Waals surface area contributed by atoms with Crippen molar-refractivity contribution in [2.45, 2.75) is 52.1 Å². The molecular weight excluding hydrogens is 188 g/mol. The molecule has 2 unspecified atom stereocenters. The summed E-state index contributed by atoms with van der Waals surface area (Å²) in [5.74, 6) is 0.862. The Bertz CT molecular complexity index is 232. The third kappa shape index (κ3) is 2.94. The lowest BCUT2D eigenvalue weighted by atomic mass is 10.0. The molecule has 0 saturated carbocycles. The van der Waals surface area contributed by atoms with Crippen LogP contribution >= 0.6 is 0 Å². The van der Waals surface area contributed by atoms with Gasteiger partial charge in [-0.2, -0.15) is 0 Å². The van der Waals surface area contributed by atoms with Crippen LogP contribution in [0.3, 0.4) is 0 Å². The van der Waals surface area contributed by atoms with Gasteiger partial charge in [0.25, 0.3) is 0 Å². The third-order valence-electron chi connectivity index (χ3n) is 3.16. The highest BCUT2D eigenvalue weighted by Crippen LogP contribution is 2.23. The Morgan fingerprint density at radius 2 is 1.93 bits per heavy atom. The topological polar surface area (TPSA) is 32.3 Å². The highest BCUT2D eigenvalue weighted by Gasteiger charge is 2.34. The number of hydrogen-bond acceptors (Lipinski definition) is 2. The van der Waals surface area contributed by atoms with E-state index in [1.165, 1.54) is 0 Å². The molecule has 1 N–H and O–H groups in total. The van der Waals surface area contributed by atoms with E-state index < -0.39 is 0 Å². The highest BCUT2D eigenvalue weighted by molar-refractivity contribution is 5.82. The first kappa shape index (κ1) is 12.5. The Labute approximate surface area is 93.2 Å². The highest BCUT2D eigenvalue weighted by atomic mass is 16.2. The van der Waals surface area contributed by atoms with E-state index >= 15 is 0 Å². The zero-order valence-corrected chi connectivity index (χ0v) is 10.6. The number of rotatable bonds is 1. The van der Waals surface area contributed by atoms with Crippen LogP contribution in [0.15, 0.2) is 0 Å². The molecule has 0 radical (unpaired) electrons. The Morgan fingerprint density at radius 3 is 2.40 bits per heavy atom. The minimum atomic E-state index is -0.0647. The summed E-state index contributed by atoms with van der Waals surface area (Å²) in [7, 11) is 1.87. The van der Waals surface area contributed by atoms with Crippen molar-refractivity contribution >= 4 is 5.91 Å². The second kappa shape index (κ2) is 4.52. The molecule has 3 nitrogen and oxygen atoms in total. The van der Waals surface area contributed by atoms with Crippen LogP contribution < -0.4 is 5.32 Å². The lowest BCUT2D eigenvalue weighted by Gasteiger charge is -2.37. The molecule has 0 bridgehead atoms. The molecule has 1 aliphatic rings. The van der Waals surface area contributed by atoms with E-state index in [1.807, 2.05) is 11.9 Å². The molecule has 0 aromatic rings. The van der Waals surface area contributed by atoms with Crippen molar-refractivity contribution in [2.24, 2.45) is 5.92 Å². The van der Waals surface area contributed by atoms with Crippen molar-refractivity contribution < 1.29 is 4.79 Å². The fourth-order valence-electron chi connectivity index (χ4n) is 2.13. The van der Waals surface area contributed by atoms with Crippen LogP contribution in [0, 0.1) is 5.92 Å². The van der Waals surface area contributed by atoms with Crippen LogP contribution in [0.4, 0.5) is 0 Å². The van der Waals surface area contributed by atoms with E-state index in [9.17, 15) is 4.79 Å². The normalized spacial score (nSPS) is 29.1. The minimum absolute atomic E-state index is 0.00850. The van der Waals surface area contributed by atoms with Crippen LogP contribution in [-0.4, -0.2) is 36.0 Å². The molecule has 2 atom stereocenters. The summed E-state index contributed by atoms with van der Waals surface area (Å²) in [6.07, 6.45) is 2.09. The Kier molecular flexibility index (Phi) is 3.77. The number of hydrogen-bond donors (Lipinski definition) is 1. The van der Waals surface area contributed by atoms with Crippen LogP contribution in [-0.2, 0) is 4.79 Å². The fraction of sp³-hybridized carbons (Fsp3) is 0.917. The van der Waals surface area contributed by atoms with E-state index in [2.05, 4.69) is 33.0 Å². The molecule has 3 heteroatoms. The Hall–Kier alpha value is -0.570. The third-order valence-corrected chi connectivity index (χ3v) is 3.16. The lowest BCUT2D eigenvalue weighted by molar-refractivity contribution is -0.137. The zero-order chi connectivity index (χ0) is 11.6. The van der Waals surface area contributed by atoms with Gasteiger partial charge in [-0.25, -0.2) is 0 Å². The van der Waals surface area contributed by atoms with Gasteiger partial charge in [0.05, 0.1) is 6.04 Å². The number of amides is 1. The first-order valence-corrected chi connectivity index (χ1v) is 5.85. The smallest absolute Gasteiger partial charge is 0.240 e. The van der Waals surface area contributed by atoms with Gasteiger partial charge < -0.3 is 10.2 Å². The fourth-order valence-corrected chi connectivity index (χ4v) is 2.13. The molecule has 0 aliphatic carbocycles. The van der Waals surface area contributed by atoms with Gasteiger partial charge in [0.2, 0.25) is 5.91 Å². The molecule has 0 aromatic carbocycles. The zero-order valence-electron chi connectivity index (χ0n) is 10.6. The molecule has 0 aromatic heterocycles. The lowest BCUT2D eigenvalue weighted by Crippen LogP contribution is -2.52. The summed E-state index contributed by atoms with van der Waals surface area (Å²) in [4.78, 5) is 14.3. The molecule has 1 amide bonds. The summed E-state index contributed by atoms with van der Waals surface area (Å²) >= 11 is 0. The van der Waals surface area contributed by atoms with E-state index in [0.717, 1.165) is 19.4 Å². The monoisotopic (exact) mass is 212 g/mol. The van der Waals surface area contributed by atoms with E-state index in [-0.39, 0.29) is 17.5 Å². The van der Waals surface area contributed by atoms with Gasteiger partial charge in [-0.15, -0.1) is 0 Å². The van der Waals surface area contributed by atoms with E-state index in [4.69, 9.17) is 0 Å². The number of likely N-dealkylation sites (tertiary alicyclic amines) is 1. The van der Waals surface area contributed by atoms with Gasteiger partial charge in [0.15, 0.2) is 0 Å². The van der Waals surface area contributed by atoms with E-state index in [0.29, 0.717) is 5.92 Å². The molecule has 0 spiro atoms. The summed E-state index contributed by atoms with van der Waals surface area (Å²) < 4.78 is 0. The number of nitrogens with zero attached hydrogens (tertiary/aromatic N) is 1. The first-order chi connectivity index (χ1) is 6.86. The van der Waals surface area contributed by atoms with Gasteiger partial charge in [-0.3, -0.25) is 4.79 Å². The van der Waals surface area contributed by atoms with Gasteiger partial charge >= 0.3 is 0 Å². The predicted molar refractivity (Wildman–Crippen MR) is 62.7 cm³/mol. The summed E-state index contributed by atoms with van der Waals surface area (Å²) in [5, 5.41) is 3.13. The standard InChI is InChI=1S/C12H24N2O/c1-9-6-7-10(13-5)11(15)14(8-9)12(2,3)4/h9-10,13H,6-8H2,1-5H3. The van der Waals surface area contributed by atoms with Crippen molar-refractivity contribution in [1.29, 1.82) is 0 Å². The molecule has 1 rings (SSSR count). The Balaban J connectivity index is 2.87. The SMILES string of the molecule is CNC1CCC(C)CN(C(C)(C)C)C1=O. The molecule has 1 aliphatic heterocycles. The van der Waals surface area contributed by atoms with Crippen LogP contribution in [0.2, 0.25) is 0 Å². The van der Waals surface area contributed by atoms with Gasteiger partial charge in [0.1, 0.15) is 0 Å². The first-order valence-electron chi connectivity index (χ1n) is 5.85. The molecular formula is C12H24N2O. The summed E-state index contributed by atoms with van der Waals surface area (Å²) in [6, 6.07) is 0.00850. The Morgan fingerprint density at radius 1 is 1.33 bits per heavy atom.